The Hall–Kier alpha value is -1.56. The van der Waals surface area contributed by atoms with E-state index in [1.165, 1.54) is 0 Å². The third-order valence-electron chi connectivity index (χ3n) is 2.62. The lowest BCUT2D eigenvalue weighted by atomic mass is 10.2. The minimum Gasteiger partial charge on any atom is -0.396 e. The van der Waals surface area contributed by atoms with Gasteiger partial charge in [-0.05, 0) is 19.8 Å². The Labute approximate surface area is 107 Å². The number of hydrogen-bond donors (Lipinski definition) is 3. The van der Waals surface area contributed by atoms with E-state index in [4.69, 9.17) is 5.11 Å². The summed E-state index contributed by atoms with van der Waals surface area (Å²) in [6, 6.07) is 1.54. The monoisotopic (exact) mass is 254 g/mol. The van der Waals surface area contributed by atoms with Crippen LogP contribution in [-0.2, 0) is 13.5 Å². The van der Waals surface area contributed by atoms with Gasteiger partial charge in [0.2, 0.25) is 0 Å². The number of aliphatic hydroxyl groups is 1. The van der Waals surface area contributed by atoms with E-state index < -0.39 is 0 Å². The van der Waals surface area contributed by atoms with Gasteiger partial charge in [-0.1, -0.05) is 13.3 Å². The summed E-state index contributed by atoms with van der Waals surface area (Å²) < 4.78 is 1.65. The highest BCUT2D eigenvalue weighted by Gasteiger charge is 2.10. The Bertz CT molecular complexity index is 389. The largest absolute Gasteiger partial charge is 0.396 e. The molecule has 0 aliphatic carbocycles. The predicted octanol–water partition coefficient (Wildman–Crippen LogP) is 1.27. The van der Waals surface area contributed by atoms with Crippen LogP contribution in [0, 0.1) is 0 Å². The summed E-state index contributed by atoms with van der Waals surface area (Å²) in [5.41, 5.74) is 0.971. The van der Waals surface area contributed by atoms with Gasteiger partial charge in [-0.25, -0.2) is 4.79 Å². The molecular formula is C12H22N4O2. The number of aryl methyl sites for hydroxylation is 2. The van der Waals surface area contributed by atoms with Crippen LogP contribution in [-0.4, -0.2) is 33.6 Å². The van der Waals surface area contributed by atoms with Gasteiger partial charge in [0.25, 0.3) is 0 Å². The van der Waals surface area contributed by atoms with Crippen molar-refractivity contribution in [3.63, 3.8) is 0 Å². The topological polar surface area (TPSA) is 79.2 Å². The van der Waals surface area contributed by atoms with Crippen LogP contribution < -0.4 is 10.6 Å². The molecular weight excluding hydrogens is 232 g/mol. The lowest BCUT2D eigenvalue weighted by molar-refractivity contribution is 0.241. The number of carbonyl (C=O) groups excluding carboxylic acids is 1. The smallest absolute Gasteiger partial charge is 0.320 e. The maximum Gasteiger partial charge on any atom is 0.320 e. The van der Waals surface area contributed by atoms with E-state index in [1.54, 1.807) is 11.7 Å². The van der Waals surface area contributed by atoms with Crippen LogP contribution in [0.3, 0.4) is 0 Å². The summed E-state index contributed by atoms with van der Waals surface area (Å²) in [7, 11) is 1.80. The average Bonchev–Trinajstić information content (AvgIpc) is 2.59. The van der Waals surface area contributed by atoms with E-state index in [2.05, 4.69) is 22.7 Å². The summed E-state index contributed by atoms with van der Waals surface area (Å²) in [5, 5.41) is 18.6. The first kappa shape index (κ1) is 14.5. The van der Waals surface area contributed by atoms with Crippen molar-refractivity contribution in [2.24, 2.45) is 7.05 Å². The molecule has 0 saturated heterocycles. The van der Waals surface area contributed by atoms with Crippen LogP contribution in [0.5, 0.6) is 0 Å². The fourth-order valence-electron chi connectivity index (χ4n) is 1.66. The van der Waals surface area contributed by atoms with Crippen LogP contribution in [0.25, 0.3) is 0 Å². The van der Waals surface area contributed by atoms with E-state index in [-0.39, 0.29) is 18.7 Å². The molecule has 0 spiro atoms. The third kappa shape index (κ3) is 4.37. The van der Waals surface area contributed by atoms with Gasteiger partial charge in [0.15, 0.2) is 0 Å². The van der Waals surface area contributed by atoms with Crippen LogP contribution in [0.1, 0.15) is 32.4 Å². The van der Waals surface area contributed by atoms with Crippen molar-refractivity contribution < 1.29 is 9.90 Å². The van der Waals surface area contributed by atoms with Gasteiger partial charge >= 0.3 is 6.03 Å². The molecule has 0 saturated carbocycles. The summed E-state index contributed by atoms with van der Waals surface area (Å²) in [4.78, 5) is 11.7. The normalized spacial score (nSPS) is 12.2. The summed E-state index contributed by atoms with van der Waals surface area (Å²) >= 11 is 0. The number of aliphatic hydroxyl groups excluding tert-OH is 1. The Morgan fingerprint density at radius 2 is 2.33 bits per heavy atom. The van der Waals surface area contributed by atoms with Crippen LogP contribution >= 0.6 is 0 Å². The molecule has 6 nitrogen and oxygen atoms in total. The number of aromatic nitrogens is 2. The van der Waals surface area contributed by atoms with Gasteiger partial charge in [-0.15, -0.1) is 0 Å². The van der Waals surface area contributed by atoms with E-state index in [1.807, 2.05) is 13.0 Å². The Kier molecular flexibility index (Phi) is 5.64. The quantitative estimate of drug-likeness (QED) is 0.715. The molecule has 2 amide bonds. The first-order chi connectivity index (χ1) is 8.56. The number of carbonyl (C=O) groups is 1. The molecule has 1 heterocycles. The molecule has 0 unspecified atom stereocenters. The van der Waals surface area contributed by atoms with Gasteiger partial charge in [0.05, 0.1) is 5.69 Å². The zero-order valence-electron chi connectivity index (χ0n) is 11.2. The highest BCUT2D eigenvalue weighted by atomic mass is 16.3. The van der Waals surface area contributed by atoms with Gasteiger partial charge in [0.1, 0.15) is 5.82 Å². The highest BCUT2D eigenvalue weighted by molar-refractivity contribution is 5.88. The molecule has 1 aromatic heterocycles. The van der Waals surface area contributed by atoms with Crippen LogP contribution in [0.15, 0.2) is 6.07 Å². The Morgan fingerprint density at radius 3 is 2.94 bits per heavy atom. The number of amides is 2. The number of urea groups is 1. The van der Waals surface area contributed by atoms with Crippen molar-refractivity contribution in [1.29, 1.82) is 0 Å². The standard InChI is InChI=1S/C12H22N4O2/c1-4-5-10-8-11(16(3)15-10)14-12(18)13-9(2)6-7-17/h8-9,17H,4-7H2,1-3H3,(H2,13,14,18)/t9-/m1/s1. The molecule has 1 aromatic rings. The lowest BCUT2D eigenvalue weighted by Gasteiger charge is -2.13. The predicted molar refractivity (Wildman–Crippen MR) is 70.5 cm³/mol. The van der Waals surface area contributed by atoms with E-state index >= 15 is 0 Å². The average molecular weight is 254 g/mol. The van der Waals surface area contributed by atoms with Gasteiger partial charge in [0, 0.05) is 25.8 Å². The van der Waals surface area contributed by atoms with Crippen molar-refractivity contribution in [2.45, 2.75) is 39.2 Å². The molecule has 1 rings (SSSR count). The van der Waals surface area contributed by atoms with E-state index in [9.17, 15) is 4.79 Å². The third-order valence-corrected chi connectivity index (χ3v) is 2.62. The van der Waals surface area contributed by atoms with Crippen molar-refractivity contribution in [1.82, 2.24) is 15.1 Å². The van der Waals surface area contributed by atoms with Crippen LogP contribution in [0.2, 0.25) is 0 Å². The van der Waals surface area contributed by atoms with Gasteiger partial charge in [-0.2, -0.15) is 5.10 Å². The highest BCUT2D eigenvalue weighted by Crippen LogP contribution is 2.10. The fraction of sp³-hybridized carbons (Fsp3) is 0.667. The van der Waals surface area contributed by atoms with Crippen molar-refractivity contribution in [3.8, 4) is 0 Å². The van der Waals surface area contributed by atoms with Crippen molar-refractivity contribution in [2.75, 3.05) is 11.9 Å². The lowest BCUT2D eigenvalue weighted by Crippen LogP contribution is -2.37. The zero-order valence-corrected chi connectivity index (χ0v) is 11.2. The summed E-state index contributed by atoms with van der Waals surface area (Å²) in [6.07, 6.45) is 2.47. The number of anilines is 1. The summed E-state index contributed by atoms with van der Waals surface area (Å²) in [5.74, 6) is 0.673. The fourth-order valence-corrected chi connectivity index (χ4v) is 1.66. The molecule has 0 aliphatic rings. The zero-order chi connectivity index (χ0) is 13.5. The first-order valence-corrected chi connectivity index (χ1v) is 6.28. The second-order valence-electron chi connectivity index (χ2n) is 4.41. The molecule has 0 aliphatic heterocycles. The Balaban J connectivity index is 2.53. The van der Waals surface area contributed by atoms with Gasteiger partial charge in [-0.3, -0.25) is 10.00 Å². The second-order valence-corrected chi connectivity index (χ2v) is 4.41. The maximum atomic E-state index is 11.7. The second kappa shape index (κ2) is 7.00. The molecule has 0 fully saturated rings. The van der Waals surface area contributed by atoms with Crippen LogP contribution in [0.4, 0.5) is 10.6 Å². The number of rotatable bonds is 6. The molecule has 0 aromatic carbocycles. The maximum absolute atomic E-state index is 11.7. The molecule has 102 valence electrons. The molecule has 6 heteroatoms. The molecule has 0 radical (unpaired) electrons. The summed E-state index contributed by atoms with van der Waals surface area (Å²) in [6.45, 7) is 4.00. The number of hydrogen-bond acceptors (Lipinski definition) is 3. The van der Waals surface area contributed by atoms with E-state index in [0.717, 1.165) is 18.5 Å². The number of nitrogens with zero attached hydrogens (tertiary/aromatic N) is 2. The number of nitrogens with one attached hydrogen (secondary N) is 2. The van der Waals surface area contributed by atoms with Crippen molar-refractivity contribution in [3.05, 3.63) is 11.8 Å². The molecule has 3 N–H and O–H groups in total. The first-order valence-electron chi connectivity index (χ1n) is 6.28. The minimum atomic E-state index is -0.276. The van der Waals surface area contributed by atoms with Crippen molar-refractivity contribution >= 4 is 11.8 Å². The van der Waals surface area contributed by atoms with Gasteiger partial charge < -0.3 is 10.4 Å². The van der Waals surface area contributed by atoms with E-state index in [0.29, 0.717) is 12.2 Å². The minimum absolute atomic E-state index is 0.0571. The molecule has 1 atom stereocenters. The Morgan fingerprint density at radius 1 is 1.61 bits per heavy atom. The SMILES string of the molecule is CCCc1cc(NC(=O)N[C@H](C)CCO)n(C)n1. The molecule has 0 bridgehead atoms. The molecule has 18 heavy (non-hydrogen) atoms.